The first-order valence-electron chi connectivity index (χ1n) is 6.09. The van der Waals surface area contributed by atoms with E-state index >= 15 is 0 Å². The van der Waals surface area contributed by atoms with E-state index < -0.39 is 0 Å². The Bertz CT molecular complexity index is 520. The van der Waals surface area contributed by atoms with Crippen LogP contribution in [0.4, 0.5) is 0 Å². The summed E-state index contributed by atoms with van der Waals surface area (Å²) in [6, 6.07) is 18.2. The summed E-state index contributed by atoms with van der Waals surface area (Å²) in [5.41, 5.74) is 2.12. The molecule has 0 aliphatic rings. The van der Waals surface area contributed by atoms with Crippen LogP contribution in [0.3, 0.4) is 0 Å². The van der Waals surface area contributed by atoms with Gasteiger partial charge in [0.1, 0.15) is 0 Å². The van der Waals surface area contributed by atoms with Gasteiger partial charge >= 0.3 is 0 Å². The molecule has 0 amide bonds. The van der Waals surface area contributed by atoms with Crippen LogP contribution in [-0.2, 0) is 5.75 Å². The average Bonchev–Trinajstić information content (AvgIpc) is 2.45. The predicted molar refractivity (Wildman–Crippen MR) is 77.1 cm³/mol. The highest BCUT2D eigenvalue weighted by atomic mass is 32.2. The number of thioether (sulfide) groups is 1. The highest BCUT2D eigenvalue weighted by Crippen LogP contribution is 2.23. The Hall–Kier alpha value is -1.54. The lowest BCUT2D eigenvalue weighted by atomic mass is 10.1. The lowest BCUT2D eigenvalue weighted by Gasteiger charge is -2.04. The maximum atomic E-state index is 11.6. The highest BCUT2D eigenvalue weighted by molar-refractivity contribution is 7.98. The van der Waals surface area contributed by atoms with Crippen LogP contribution in [0.1, 0.15) is 29.3 Å². The van der Waals surface area contributed by atoms with E-state index in [-0.39, 0.29) is 5.78 Å². The Morgan fingerprint density at radius 3 is 2.56 bits per heavy atom. The van der Waals surface area contributed by atoms with Crippen molar-refractivity contribution < 1.29 is 4.79 Å². The number of hydrogen-bond donors (Lipinski definition) is 0. The summed E-state index contributed by atoms with van der Waals surface area (Å²) in [5.74, 6) is 1.14. The van der Waals surface area contributed by atoms with Gasteiger partial charge in [-0.2, -0.15) is 0 Å². The number of rotatable bonds is 5. The quantitative estimate of drug-likeness (QED) is 0.575. The Morgan fingerprint density at radius 1 is 1.06 bits per heavy atom. The molecular weight excluding hydrogens is 240 g/mol. The molecule has 0 aromatic heterocycles. The molecule has 0 saturated carbocycles. The van der Waals surface area contributed by atoms with Crippen molar-refractivity contribution in [3.8, 4) is 0 Å². The predicted octanol–water partition coefficient (Wildman–Crippen LogP) is 4.57. The highest BCUT2D eigenvalue weighted by Gasteiger charge is 2.04. The van der Waals surface area contributed by atoms with Gasteiger partial charge < -0.3 is 0 Å². The van der Waals surface area contributed by atoms with Crippen LogP contribution in [-0.4, -0.2) is 5.78 Å². The van der Waals surface area contributed by atoms with E-state index in [1.165, 1.54) is 5.56 Å². The van der Waals surface area contributed by atoms with E-state index in [2.05, 4.69) is 18.2 Å². The monoisotopic (exact) mass is 256 g/mol. The first-order valence-corrected chi connectivity index (χ1v) is 7.08. The third kappa shape index (κ3) is 3.47. The number of ketones is 1. The van der Waals surface area contributed by atoms with Crippen molar-refractivity contribution in [3.63, 3.8) is 0 Å². The second-order valence-electron chi connectivity index (χ2n) is 4.08. The molecule has 2 heteroatoms. The normalized spacial score (nSPS) is 10.3. The summed E-state index contributed by atoms with van der Waals surface area (Å²) < 4.78 is 0. The summed E-state index contributed by atoms with van der Waals surface area (Å²) in [7, 11) is 0. The fraction of sp³-hybridized carbons (Fsp3) is 0.188. The van der Waals surface area contributed by atoms with Crippen molar-refractivity contribution in [2.24, 2.45) is 0 Å². The van der Waals surface area contributed by atoms with Crippen LogP contribution < -0.4 is 0 Å². The second-order valence-corrected chi connectivity index (χ2v) is 5.13. The van der Waals surface area contributed by atoms with Crippen LogP contribution in [0, 0.1) is 0 Å². The first-order chi connectivity index (χ1) is 8.79. The minimum absolute atomic E-state index is 0.206. The molecular formula is C16H16OS. The molecule has 0 atom stereocenters. The molecule has 0 saturated heterocycles. The molecule has 2 rings (SSSR count). The molecule has 0 heterocycles. The van der Waals surface area contributed by atoms with Crippen LogP contribution in [0.15, 0.2) is 59.5 Å². The van der Waals surface area contributed by atoms with Crippen molar-refractivity contribution in [1.82, 2.24) is 0 Å². The minimum atomic E-state index is 0.206. The van der Waals surface area contributed by atoms with Gasteiger partial charge in [-0.25, -0.2) is 0 Å². The zero-order valence-electron chi connectivity index (χ0n) is 10.4. The molecule has 0 fully saturated rings. The van der Waals surface area contributed by atoms with Gasteiger partial charge in [0, 0.05) is 22.6 Å². The third-order valence-corrected chi connectivity index (χ3v) is 3.79. The molecule has 92 valence electrons. The van der Waals surface area contributed by atoms with Crippen molar-refractivity contribution >= 4 is 17.5 Å². The lowest BCUT2D eigenvalue weighted by Crippen LogP contribution is -1.95. The van der Waals surface area contributed by atoms with Crippen molar-refractivity contribution in [1.29, 1.82) is 0 Å². The van der Waals surface area contributed by atoms with E-state index in [0.717, 1.165) is 16.2 Å². The number of carbonyl (C=O) groups is 1. The minimum Gasteiger partial charge on any atom is -0.294 e. The van der Waals surface area contributed by atoms with E-state index in [0.29, 0.717) is 6.42 Å². The maximum Gasteiger partial charge on any atom is 0.162 e. The van der Waals surface area contributed by atoms with E-state index in [1.54, 1.807) is 11.8 Å². The fourth-order valence-corrected chi connectivity index (χ4v) is 2.62. The van der Waals surface area contributed by atoms with E-state index in [4.69, 9.17) is 0 Å². The number of Topliss-reactive ketones (excluding diaryl/α,β-unsaturated/α-hetero) is 1. The molecule has 0 unspecified atom stereocenters. The Kier molecular flexibility index (Phi) is 4.59. The van der Waals surface area contributed by atoms with Crippen molar-refractivity contribution in [2.75, 3.05) is 0 Å². The van der Waals surface area contributed by atoms with E-state index in [9.17, 15) is 4.79 Å². The molecule has 1 nitrogen and oxygen atoms in total. The third-order valence-electron chi connectivity index (χ3n) is 2.73. The second kappa shape index (κ2) is 6.41. The first kappa shape index (κ1) is 12.9. The topological polar surface area (TPSA) is 17.1 Å². The van der Waals surface area contributed by atoms with Crippen LogP contribution >= 0.6 is 11.8 Å². The van der Waals surface area contributed by atoms with Crippen molar-refractivity contribution in [2.45, 2.75) is 24.0 Å². The lowest BCUT2D eigenvalue weighted by molar-refractivity contribution is 0.0988. The van der Waals surface area contributed by atoms with Crippen LogP contribution in [0.25, 0.3) is 0 Å². The molecule has 2 aromatic rings. The smallest absolute Gasteiger partial charge is 0.162 e. The summed E-state index contributed by atoms with van der Waals surface area (Å²) in [4.78, 5) is 12.8. The average molecular weight is 256 g/mol. The summed E-state index contributed by atoms with van der Waals surface area (Å²) in [5, 5.41) is 0. The van der Waals surface area contributed by atoms with Crippen LogP contribution in [0.2, 0.25) is 0 Å². The summed E-state index contributed by atoms with van der Waals surface area (Å²) >= 11 is 1.76. The van der Waals surface area contributed by atoms with Gasteiger partial charge in [-0.05, 0) is 17.7 Å². The van der Waals surface area contributed by atoms with Crippen molar-refractivity contribution in [3.05, 3.63) is 65.7 Å². The molecule has 0 aliphatic carbocycles. The van der Waals surface area contributed by atoms with Gasteiger partial charge in [0.2, 0.25) is 0 Å². The Morgan fingerprint density at radius 2 is 1.83 bits per heavy atom. The molecule has 0 N–H and O–H groups in total. The Balaban J connectivity index is 2.04. The van der Waals surface area contributed by atoms with Gasteiger partial charge in [-0.3, -0.25) is 4.79 Å². The fourth-order valence-electron chi connectivity index (χ4n) is 1.70. The summed E-state index contributed by atoms with van der Waals surface area (Å²) in [6.45, 7) is 1.89. The zero-order chi connectivity index (χ0) is 12.8. The maximum absolute atomic E-state index is 11.6. The number of carbonyl (C=O) groups excluding carboxylic acids is 1. The molecule has 0 spiro atoms. The Labute approximate surface area is 112 Å². The van der Waals surface area contributed by atoms with Gasteiger partial charge in [0.25, 0.3) is 0 Å². The molecule has 0 aliphatic heterocycles. The van der Waals surface area contributed by atoms with E-state index in [1.807, 2.05) is 43.3 Å². The zero-order valence-corrected chi connectivity index (χ0v) is 11.2. The molecule has 18 heavy (non-hydrogen) atoms. The molecule has 0 radical (unpaired) electrons. The number of hydrogen-bond acceptors (Lipinski definition) is 2. The summed E-state index contributed by atoms with van der Waals surface area (Å²) in [6.07, 6.45) is 0.562. The van der Waals surface area contributed by atoms with Crippen LogP contribution in [0.5, 0.6) is 0 Å². The SMILES string of the molecule is CCC(=O)c1cccc(SCc2ccccc2)c1. The standard InChI is InChI=1S/C16H16OS/c1-2-16(17)14-9-6-10-15(11-14)18-12-13-7-4-3-5-8-13/h3-11H,2,12H2,1H3. The molecule has 2 aromatic carbocycles. The number of benzene rings is 2. The van der Waals surface area contributed by atoms with Gasteiger partial charge in [-0.15, -0.1) is 11.8 Å². The van der Waals surface area contributed by atoms with Gasteiger partial charge in [0.05, 0.1) is 0 Å². The largest absolute Gasteiger partial charge is 0.294 e. The van der Waals surface area contributed by atoms with Gasteiger partial charge in [-0.1, -0.05) is 49.4 Å². The molecule has 0 bridgehead atoms. The van der Waals surface area contributed by atoms with Gasteiger partial charge in [0.15, 0.2) is 5.78 Å².